The molecule has 2 rings (SSSR count). The highest BCUT2D eigenvalue weighted by atomic mass is 32.1. The lowest BCUT2D eigenvalue weighted by Gasteiger charge is -2.37. The average Bonchev–Trinajstić information content (AvgIpc) is 2.35. The Labute approximate surface area is 126 Å². The number of morpholine rings is 1. The van der Waals surface area contributed by atoms with Gasteiger partial charge in [0.15, 0.2) is 0 Å². The Kier molecular flexibility index (Phi) is 4.38. The van der Waals surface area contributed by atoms with E-state index in [0.29, 0.717) is 18.7 Å². The Morgan fingerprint density at radius 3 is 2.38 bits per heavy atom. The normalized spacial score (nSPS) is 23.2. The number of nitrogens with two attached hydrogens (primary N) is 1. The van der Waals surface area contributed by atoms with Gasteiger partial charge in [-0.15, -0.1) is 0 Å². The van der Waals surface area contributed by atoms with Crippen LogP contribution >= 0.6 is 12.2 Å². The molecule has 4 nitrogen and oxygen atoms in total. The molecule has 0 unspecified atom stereocenters. The van der Waals surface area contributed by atoms with Crippen LogP contribution in [0.4, 0.5) is 19.0 Å². The summed E-state index contributed by atoms with van der Waals surface area (Å²) in [7, 11) is 0. The molecule has 0 radical (unpaired) electrons. The molecule has 1 aromatic rings. The van der Waals surface area contributed by atoms with Crippen molar-refractivity contribution in [3.63, 3.8) is 0 Å². The van der Waals surface area contributed by atoms with Crippen LogP contribution in [0.15, 0.2) is 12.1 Å². The van der Waals surface area contributed by atoms with Crippen LogP contribution in [0.2, 0.25) is 0 Å². The van der Waals surface area contributed by atoms with E-state index in [1.54, 1.807) is 4.90 Å². The zero-order chi connectivity index (χ0) is 15.8. The second kappa shape index (κ2) is 5.76. The first kappa shape index (κ1) is 16.0. The van der Waals surface area contributed by atoms with Gasteiger partial charge in [-0.25, -0.2) is 4.98 Å². The molecular formula is C13H16F3N3OS. The van der Waals surface area contributed by atoms with Crippen LogP contribution in [0.25, 0.3) is 0 Å². The molecule has 0 aromatic carbocycles. The minimum atomic E-state index is -4.51. The SMILES string of the molecule is C[C@@H]1CN(c2nc(C(F)(F)F)ccc2C(N)=S)C[C@H](C)O1. The van der Waals surface area contributed by atoms with Crippen molar-refractivity contribution in [1.29, 1.82) is 0 Å². The van der Waals surface area contributed by atoms with E-state index >= 15 is 0 Å². The zero-order valence-corrected chi connectivity index (χ0v) is 12.5. The zero-order valence-electron chi connectivity index (χ0n) is 11.6. The van der Waals surface area contributed by atoms with Gasteiger partial charge in [-0.3, -0.25) is 0 Å². The second-order valence-electron chi connectivity index (χ2n) is 5.09. The van der Waals surface area contributed by atoms with Gasteiger partial charge >= 0.3 is 6.18 Å². The molecule has 1 aliphatic rings. The smallest absolute Gasteiger partial charge is 0.389 e. The minimum absolute atomic E-state index is 0.0259. The molecule has 1 saturated heterocycles. The maximum Gasteiger partial charge on any atom is 0.433 e. The molecule has 0 aliphatic carbocycles. The van der Waals surface area contributed by atoms with Crippen LogP contribution in [-0.2, 0) is 10.9 Å². The largest absolute Gasteiger partial charge is 0.433 e. The summed E-state index contributed by atoms with van der Waals surface area (Å²) in [5.41, 5.74) is 4.99. The number of thiocarbonyl (C=S) groups is 1. The number of aromatic nitrogens is 1. The summed E-state index contributed by atoms with van der Waals surface area (Å²) in [6.45, 7) is 4.59. The summed E-state index contributed by atoms with van der Waals surface area (Å²) >= 11 is 4.91. The van der Waals surface area contributed by atoms with Crippen molar-refractivity contribution >= 4 is 23.0 Å². The Balaban J connectivity index is 2.45. The Bertz CT molecular complexity index is 540. The van der Waals surface area contributed by atoms with Crippen LogP contribution in [0.1, 0.15) is 25.1 Å². The molecule has 0 saturated carbocycles. The van der Waals surface area contributed by atoms with Crippen LogP contribution in [0, 0.1) is 0 Å². The lowest BCUT2D eigenvalue weighted by Crippen LogP contribution is -2.46. The van der Waals surface area contributed by atoms with E-state index < -0.39 is 11.9 Å². The van der Waals surface area contributed by atoms with Gasteiger partial charge in [-0.1, -0.05) is 12.2 Å². The van der Waals surface area contributed by atoms with Crippen molar-refractivity contribution in [2.45, 2.75) is 32.2 Å². The number of hydrogen-bond donors (Lipinski definition) is 1. The van der Waals surface area contributed by atoms with Crippen LogP contribution in [0.3, 0.4) is 0 Å². The molecule has 21 heavy (non-hydrogen) atoms. The summed E-state index contributed by atoms with van der Waals surface area (Å²) in [4.78, 5) is 5.50. The molecule has 2 heterocycles. The number of alkyl halides is 3. The van der Waals surface area contributed by atoms with Crippen molar-refractivity contribution in [2.75, 3.05) is 18.0 Å². The minimum Gasteiger partial charge on any atom is -0.389 e. The van der Waals surface area contributed by atoms with E-state index in [2.05, 4.69) is 4.98 Å². The average molecular weight is 319 g/mol. The Hall–Kier alpha value is -1.41. The molecule has 0 amide bonds. The van der Waals surface area contributed by atoms with Gasteiger partial charge in [-0.2, -0.15) is 13.2 Å². The number of rotatable bonds is 2. The molecule has 1 fully saturated rings. The predicted octanol–water partition coefficient (Wildman–Crippen LogP) is 2.35. The molecular weight excluding hydrogens is 303 g/mol. The number of nitrogens with zero attached hydrogens (tertiary/aromatic N) is 2. The molecule has 116 valence electrons. The van der Waals surface area contributed by atoms with Crippen molar-refractivity contribution in [2.24, 2.45) is 5.73 Å². The highest BCUT2D eigenvalue weighted by Crippen LogP contribution is 2.31. The Morgan fingerprint density at radius 2 is 1.90 bits per heavy atom. The van der Waals surface area contributed by atoms with Crippen molar-refractivity contribution in [1.82, 2.24) is 4.98 Å². The van der Waals surface area contributed by atoms with Gasteiger partial charge in [0.2, 0.25) is 0 Å². The van der Waals surface area contributed by atoms with Crippen molar-refractivity contribution in [3.05, 3.63) is 23.4 Å². The van der Waals surface area contributed by atoms with E-state index in [1.165, 1.54) is 6.07 Å². The van der Waals surface area contributed by atoms with E-state index in [0.717, 1.165) is 6.07 Å². The predicted molar refractivity (Wildman–Crippen MR) is 77.3 cm³/mol. The van der Waals surface area contributed by atoms with E-state index in [-0.39, 0.29) is 23.0 Å². The third-order valence-corrected chi connectivity index (χ3v) is 3.37. The summed E-state index contributed by atoms with van der Waals surface area (Å²) in [6.07, 6.45) is -4.72. The molecule has 1 aromatic heterocycles. The summed E-state index contributed by atoms with van der Waals surface area (Å²) in [5, 5.41) is 0. The van der Waals surface area contributed by atoms with Crippen LogP contribution < -0.4 is 10.6 Å². The highest BCUT2D eigenvalue weighted by Gasteiger charge is 2.34. The van der Waals surface area contributed by atoms with Gasteiger partial charge in [0.05, 0.1) is 17.8 Å². The number of pyridine rings is 1. The monoisotopic (exact) mass is 319 g/mol. The topological polar surface area (TPSA) is 51.4 Å². The third kappa shape index (κ3) is 3.62. The molecule has 1 aliphatic heterocycles. The van der Waals surface area contributed by atoms with Gasteiger partial charge in [0.1, 0.15) is 16.5 Å². The van der Waals surface area contributed by atoms with Crippen molar-refractivity contribution in [3.8, 4) is 0 Å². The second-order valence-corrected chi connectivity index (χ2v) is 5.53. The summed E-state index contributed by atoms with van der Waals surface area (Å²) < 4.78 is 44.1. The number of ether oxygens (including phenoxy) is 1. The third-order valence-electron chi connectivity index (χ3n) is 3.15. The molecule has 0 bridgehead atoms. The van der Waals surface area contributed by atoms with E-state index in [9.17, 15) is 13.2 Å². The van der Waals surface area contributed by atoms with Crippen LogP contribution in [0.5, 0.6) is 0 Å². The van der Waals surface area contributed by atoms with Gasteiger partial charge < -0.3 is 15.4 Å². The number of anilines is 1. The molecule has 2 N–H and O–H groups in total. The Morgan fingerprint density at radius 1 is 1.33 bits per heavy atom. The maximum atomic E-state index is 12.9. The first-order valence-corrected chi connectivity index (χ1v) is 6.87. The first-order valence-electron chi connectivity index (χ1n) is 6.47. The molecule has 8 heteroatoms. The van der Waals surface area contributed by atoms with E-state index in [1.807, 2.05) is 13.8 Å². The lowest BCUT2D eigenvalue weighted by molar-refractivity contribution is -0.141. The van der Waals surface area contributed by atoms with Gasteiger partial charge in [-0.05, 0) is 26.0 Å². The van der Waals surface area contributed by atoms with Gasteiger partial charge in [0.25, 0.3) is 0 Å². The summed E-state index contributed by atoms with van der Waals surface area (Å²) in [6, 6.07) is 2.17. The standard InChI is InChI=1S/C13H16F3N3OS/c1-7-5-19(6-8(2)20-7)12-9(11(17)21)3-4-10(18-12)13(14,15)16/h3-4,7-8H,5-6H2,1-2H3,(H2,17,21)/t7-,8+. The quantitative estimate of drug-likeness (QED) is 0.848. The van der Waals surface area contributed by atoms with Gasteiger partial charge in [0, 0.05) is 13.1 Å². The fourth-order valence-corrected chi connectivity index (χ4v) is 2.55. The molecule has 0 spiro atoms. The fourth-order valence-electron chi connectivity index (χ4n) is 2.39. The number of halogens is 3. The number of hydrogen-bond acceptors (Lipinski definition) is 4. The van der Waals surface area contributed by atoms with Crippen LogP contribution in [-0.4, -0.2) is 35.3 Å². The fraction of sp³-hybridized carbons (Fsp3) is 0.538. The lowest BCUT2D eigenvalue weighted by atomic mass is 10.1. The highest BCUT2D eigenvalue weighted by molar-refractivity contribution is 7.80. The van der Waals surface area contributed by atoms with Crippen molar-refractivity contribution < 1.29 is 17.9 Å². The summed E-state index contributed by atoms with van der Waals surface area (Å²) in [5.74, 6) is 0.166. The maximum absolute atomic E-state index is 12.9. The molecule has 2 atom stereocenters. The van der Waals surface area contributed by atoms with E-state index in [4.69, 9.17) is 22.7 Å². The first-order chi connectivity index (χ1) is 9.68.